The van der Waals surface area contributed by atoms with Crippen LogP contribution in [0.15, 0.2) is 18.2 Å². The van der Waals surface area contributed by atoms with Gasteiger partial charge in [-0.05, 0) is 24.5 Å². The standard InChI is InChI=1S/C14H23N3O2/c1-4-8-19-11-7-5-6-10(12(11)15)17-13(9(2)3)14(16)18/h5-7,9,13,17H,4,8,15H2,1-3H3,(H2,16,18). The average molecular weight is 265 g/mol. The number of carbonyl (C=O) groups excluding carboxylic acids is 1. The molecule has 1 rings (SSSR count). The molecule has 5 nitrogen and oxygen atoms in total. The molecule has 106 valence electrons. The highest BCUT2D eigenvalue weighted by molar-refractivity contribution is 5.85. The van der Waals surface area contributed by atoms with Gasteiger partial charge in [-0.3, -0.25) is 4.79 Å². The van der Waals surface area contributed by atoms with Crippen LogP contribution in [0.5, 0.6) is 5.75 Å². The predicted octanol–water partition coefficient (Wildman–Crippen LogP) is 1.98. The van der Waals surface area contributed by atoms with Gasteiger partial charge in [-0.1, -0.05) is 26.8 Å². The minimum Gasteiger partial charge on any atom is -0.491 e. The Kier molecular flexibility index (Phi) is 5.48. The van der Waals surface area contributed by atoms with Crippen LogP contribution in [0, 0.1) is 5.92 Å². The zero-order chi connectivity index (χ0) is 14.4. The monoisotopic (exact) mass is 265 g/mol. The van der Waals surface area contributed by atoms with E-state index in [0.29, 0.717) is 23.7 Å². The fourth-order valence-electron chi connectivity index (χ4n) is 1.74. The molecular formula is C14H23N3O2. The third kappa shape index (κ3) is 4.05. The lowest BCUT2D eigenvalue weighted by atomic mass is 10.0. The summed E-state index contributed by atoms with van der Waals surface area (Å²) in [5, 5.41) is 3.08. The lowest BCUT2D eigenvalue weighted by Crippen LogP contribution is -2.39. The lowest BCUT2D eigenvalue weighted by molar-refractivity contribution is -0.119. The van der Waals surface area contributed by atoms with Crippen molar-refractivity contribution in [2.75, 3.05) is 17.7 Å². The molecule has 5 heteroatoms. The van der Waals surface area contributed by atoms with Crippen LogP contribution in [0.1, 0.15) is 27.2 Å². The minimum absolute atomic E-state index is 0.0807. The van der Waals surface area contributed by atoms with Crippen LogP contribution in [-0.4, -0.2) is 18.6 Å². The van der Waals surface area contributed by atoms with Crippen molar-refractivity contribution in [3.8, 4) is 5.75 Å². The van der Waals surface area contributed by atoms with Gasteiger partial charge in [0.2, 0.25) is 5.91 Å². The first-order chi connectivity index (χ1) is 8.97. The molecule has 0 fully saturated rings. The first kappa shape index (κ1) is 15.1. The van der Waals surface area contributed by atoms with E-state index in [4.69, 9.17) is 16.2 Å². The Labute approximate surface area is 114 Å². The molecule has 1 atom stereocenters. The topological polar surface area (TPSA) is 90.4 Å². The van der Waals surface area contributed by atoms with Crippen molar-refractivity contribution in [3.63, 3.8) is 0 Å². The van der Waals surface area contributed by atoms with Gasteiger partial charge in [0.05, 0.1) is 18.0 Å². The number of nitrogens with two attached hydrogens (primary N) is 2. The Balaban J connectivity index is 2.91. The maximum Gasteiger partial charge on any atom is 0.240 e. The van der Waals surface area contributed by atoms with E-state index < -0.39 is 11.9 Å². The molecule has 0 bridgehead atoms. The molecule has 1 aromatic rings. The Hall–Kier alpha value is -1.91. The normalized spacial score (nSPS) is 12.2. The highest BCUT2D eigenvalue weighted by Crippen LogP contribution is 2.30. The maximum atomic E-state index is 11.4. The third-order valence-electron chi connectivity index (χ3n) is 2.81. The Morgan fingerprint density at radius 1 is 1.42 bits per heavy atom. The van der Waals surface area contributed by atoms with Gasteiger partial charge in [0, 0.05) is 0 Å². The summed E-state index contributed by atoms with van der Waals surface area (Å²) >= 11 is 0. The van der Waals surface area contributed by atoms with E-state index in [1.807, 2.05) is 39.0 Å². The van der Waals surface area contributed by atoms with Crippen molar-refractivity contribution in [3.05, 3.63) is 18.2 Å². The third-order valence-corrected chi connectivity index (χ3v) is 2.81. The van der Waals surface area contributed by atoms with E-state index in [-0.39, 0.29) is 5.92 Å². The quantitative estimate of drug-likeness (QED) is 0.657. The van der Waals surface area contributed by atoms with Gasteiger partial charge in [0.15, 0.2) is 0 Å². The van der Waals surface area contributed by atoms with Crippen LogP contribution in [0.4, 0.5) is 11.4 Å². The van der Waals surface area contributed by atoms with E-state index in [9.17, 15) is 4.79 Å². The molecule has 0 aromatic heterocycles. The van der Waals surface area contributed by atoms with Crippen molar-refractivity contribution in [1.29, 1.82) is 0 Å². The van der Waals surface area contributed by atoms with Crippen LogP contribution in [0.2, 0.25) is 0 Å². The summed E-state index contributed by atoms with van der Waals surface area (Å²) in [6.07, 6.45) is 0.910. The van der Waals surface area contributed by atoms with Gasteiger partial charge in [-0.2, -0.15) is 0 Å². The molecule has 0 saturated heterocycles. The number of carbonyl (C=O) groups is 1. The van der Waals surface area contributed by atoms with E-state index >= 15 is 0 Å². The van der Waals surface area contributed by atoms with Gasteiger partial charge in [0.1, 0.15) is 11.8 Å². The number of para-hydroxylation sites is 1. The highest BCUT2D eigenvalue weighted by Gasteiger charge is 2.20. The SMILES string of the molecule is CCCOc1cccc(NC(C(N)=O)C(C)C)c1N. The number of rotatable bonds is 7. The summed E-state index contributed by atoms with van der Waals surface area (Å²) in [4.78, 5) is 11.4. The number of hydrogen-bond donors (Lipinski definition) is 3. The first-order valence-electron chi connectivity index (χ1n) is 6.54. The second-order valence-electron chi connectivity index (χ2n) is 4.83. The second-order valence-corrected chi connectivity index (χ2v) is 4.83. The summed E-state index contributed by atoms with van der Waals surface area (Å²) in [6, 6.07) is 5.00. The van der Waals surface area contributed by atoms with Crippen molar-refractivity contribution < 1.29 is 9.53 Å². The molecule has 0 aliphatic rings. The Bertz CT molecular complexity index is 433. The van der Waals surface area contributed by atoms with Gasteiger partial charge >= 0.3 is 0 Å². The maximum absolute atomic E-state index is 11.4. The summed E-state index contributed by atoms with van der Waals surface area (Å²) in [7, 11) is 0. The van der Waals surface area contributed by atoms with Crippen LogP contribution in [0.3, 0.4) is 0 Å². The minimum atomic E-state index is -0.455. The molecule has 19 heavy (non-hydrogen) atoms. The summed E-state index contributed by atoms with van der Waals surface area (Å²) in [6.45, 7) is 6.49. The van der Waals surface area contributed by atoms with Crippen molar-refractivity contribution in [1.82, 2.24) is 0 Å². The van der Waals surface area contributed by atoms with Gasteiger partial charge in [-0.15, -0.1) is 0 Å². The largest absolute Gasteiger partial charge is 0.491 e. The van der Waals surface area contributed by atoms with Crippen LogP contribution >= 0.6 is 0 Å². The molecule has 5 N–H and O–H groups in total. The van der Waals surface area contributed by atoms with E-state index in [1.165, 1.54) is 0 Å². The van der Waals surface area contributed by atoms with Crippen molar-refractivity contribution >= 4 is 17.3 Å². The van der Waals surface area contributed by atoms with Crippen molar-refractivity contribution in [2.45, 2.75) is 33.2 Å². The number of nitrogens with one attached hydrogen (secondary N) is 1. The molecule has 0 radical (unpaired) electrons. The van der Waals surface area contributed by atoms with Crippen molar-refractivity contribution in [2.24, 2.45) is 11.7 Å². The number of anilines is 2. The molecule has 0 heterocycles. The Morgan fingerprint density at radius 2 is 2.11 bits per heavy atom. The van der Waals surface area contributed by atoms with Crippen LogP contribution < -0.4 is 21.5 Å². The highest BCUT2D eigenvalue weighted by atomic mass is 16.5. The smallest absolute Gasteiger partial charge is 0.240 e. The predicted molar refractivity (Wildman–Crippen MR) is 78.1 cm³/mol. The Morgan fingerprint density at radius 3 is 2.63 bits per heavy atom. The van der Waals surface area contributed by atoms with E-state index in [1.54, 1.807) is 0 Å². The first-order valence-corrected chi connectivity index (χ1v) is 6.54. The molecule has 0 saturated carbocycles. The molecule has 1 aromatic carbocycles. The number of ether oxygens (including phenoxy) is 1. The zero-order valence-corrected chi connectivity index (χ0v) is 11.8. The molecule has 0 spiro atoms. The van der Waals surface area contributed by atoms with Crippen LogP contribution in [0.25, 0.3) is 0 Å². The van der Waals surface area contributed by atoms with Gasteiger partial charge in [-0.25, -0.2) is 0 Å². The molecule has 0 aliphatic carbocycles. The summed E-state index contributed by atoms with van der Waals surface area (Å²) in [5.41, 5.74) is 12.6. The summed E-state index contributed by atoms with van der Waals surface area (Å²) in [5.74, 6) is 0.310. The van der Waals surface area contributed by atoms with Crippen LogP contribution in [-0.2, 0) is 4.79 Å². The number of benzene rings is 1. The van der Waals surface area contributed by atoms with E-state index in [0.717, 1.165) is 6.42 Å². The summed E-state index contributed by atoms with van der Waals surface area (Å²) < 4.78 is 5.55. The molecule has 0 aliphatic heterocycles. The fourth-order valence-corrected chi connectivity index (χ4v) is 1.74. The number of amides is 1. The average Bonchev–Trinajstić information content (AvgIpc) is 2.35. The van der Waals surface area contributed by atoms with Gasteiger partial charge < -0.3 is 21.5 Å². The lowest BCUT2D eigenvalue weighted by Gasteiger charge is -2.22. The number of hydrogen-bond acceptors (Lipinski definition) is 4. The fraction of sp³-hybridized carbons (Fsp3) is 0.500. The second kappa shape index (κ2) is 6.87. The molecule has 1 amide bonds. The molecule has 1 unspecified atom stereocenters. The zero-order valence-electron chi connectivity index (χ0n) is 11.8. The van der Waals surface area contributed by atoms with E-state index in [2.05, 4.69) is 5.32 Å². The number of primary amides is 1. The number of nitrogen functional groups attached to an aromatic ring is 1. The van der Waals surface area contributed by atoms with Gasteiger partial charge in [0.25, 0.3) is 0 Å². The molecular weight excluding hydrogens is 242 g/mol.